The third-order valence-corrected chi connectivity index (χ3v) is 4.95. The van der Waals surface area contributed by atoms with Crippen LogP contribution in [0, 0.1) is 11.8 Å². The van der Waals surface area contributed by atoms with Crippen molar-refractivity contribution in [2.75, 3.05) is 19.6 Å². The fourth-order valence-electron chi connectivity index (χ4n) is 3.19. The van der Waals surface area contributed by atoms with Gasteiger partial charge in [-0.3, -0.25) is 14.4 Å². The van der Waals surface area contributed by atoms with Gasteiger partial charge in [0.2, 0.25) is 17.6 Å². The lowest BCUT2D eigenvalue weighted by Crippen LogP contribution is -2.31. The Kier molecular flexibility index (Phi) is 8.17. The quantitative estimate of drug-likeness (QED) is 0.518. The van der Waals surface area contributed by atoms with E-state index in [1.807, 2.05) is 0 Å². The minimum atomic E-state index is -0.436. The summed E-state index contributed by atoms with van der Waals surface area (Å²) in [6.45, 7) is 7.44. The van der Waals surface area contributed by atoms with E-state index in [0.717, 1.165) is 25.9 Å². The van der Waals surface area contributed by atoms with E-state index in [0.29, 0.717) is 30.3 Å². The molecular formula is C20H32N4O4. The molecule has 1 aliphatic rings. The van der Waals surface area contributed by atoms with Gasteiger partial charge in [0.1, 0.15) is 0 Å². The molecular weight excluding hydrogens is 360 g/mol. The highest BCUT2D eigenvalue weighted by atomic mass is 16.4. The predicted octanol–water partition coefficient (Wildman–Crippen LogP) is 1.54. The molecule has 1 aliphatic heterocycles. The third-order valence-electron chi connectivity index (χ3n) is 4.95. The van der Waals surface area contributed by atoms with Crippen LogP contribution in [0.4, 0.5) is 0 Å². The highest BCUT2D eigenvalue weighted by Crippen LogP contribution is 2.26. The van der Waals surface area contributed by atoms with Crippen LogP contribution in [0.5, 0.6) is 0 Å². The zero-order chi connectivity index (χ0) is 20.7. The first-order valence-electron chi connectivity index (χ1n) is 10.1. The molecule has 2 atom stereocenters. The summed E-state index contributed by atoms with van der Waals surface area (Å²) < 4.78 is 5.87. The first-order chi connectivity index (χ1) is 13.3. The number of nitrogens with two attached hydrogens (primary N) is 1. The molecule has 0 radical (unpaired) electrons. The van der Waals surface area contributed by atoms with Gasteiger partial charge in [-0.25, -0.2) is 4.98 Å². The smallest absolute Gasteiger partial charge is 0.220 e. The molecule has 1 aromatic heterocycles. The van der Waals surface area contributed by atoms with Crippen LogP contribution in [0.15, 0.2) is 4.42 Å². The number of hydrogen-bond donors (Lipinski definition) is 3. The summed E-state index contributed by atoms with van der Waals surface area (Å²) in [6, 6.07) is 0. The van der Waals surface area contributed by atoms with Gasteiger partial charge in [-0.15, -0.1) is 0 Å². The van der Waals surface area contributed by atoms with Gasteiger partial charge in [0, 0.05) is 24.8 Å². The first-order valence-corrected chi connectivity index (χ1v) is 10.1. The van der Waals surface area contributed by atoms with E-state index < -0.39 is 5.91 Å². The molecule has 0 bridgehead atoms. The van der Waals surface area contributed by atoms with Gasteiger partial charge in [0.25, 0.3) is 0 Å². The summed E-state index contributed by atoms with van der Waals surface area (Å²) >= 11 is 0. The highest BCUT2D eigenvalue weighted by molar-refractivity contribution is 5.98. The third kappa shape index (κ3) is 6.44. The van der Waals surface area contributed by atoms with E-state index in [4.69, 9.17) is 10.2 Å². The predicted molar refractivity (Wildman–Crippen MR) is 105 cm³/mol. The monoisotopic (exact) mass is 392 g/mol. The lowest BCUT2D eigenvalue weighted by molar-refractivity contribution is -0.123. The van der Waals surface area contributed by atoms with Crippen molar-refractivity contribution in [2.24, 2.45) is 17.6 Å². The Morgan fingerprint density at radius 2 is 2.07 bits per heavy atom. The SMILES string of the molecule is CC(C)Cc1nc(C2CCCNC2)oc1C(=O)CNC(=O)CCC(C)C(N)=O. The number of ketones is 1. The molecule has 0 aromatic carbocycles. The fourth-order valence-corrected chi connectivity index (χ4v) is 3.19. The van der Waals surface area contributed by atoms with Crippen LogP contribution >= 0.6 is 0 Å². The van der Waals surface area contributed by atoms with E-state index in [1.54, 1.807) is 6.92 Å². The Morgan fingerprint density at radius 3 is 2.68 bits per heavy atom. The second kappa shape index (κ2) is 10.4. The molecule has 1 fully saturated rings. The summed E-state index contributed by atoms with van der Waals surface area (Å²) in [6.07, 6.45) is 3.18. The van der Waals surface area contributed by atoms with Gasteiger partial charge < -0.3 is 20.8 Å². The number of rotatable bonds is 10. The van der Waals surface area contributed by atoms with E-state index in [2.05, 4.69) is 29.5 Å². The van der Waals surface area contributed by atoms with Crippen LogP contribution in [-0.4, -0.2) is 42.2 Å². The number of nitrogens with one attached hydrogen (secondary N) is 2. The maximum absolute atomic E-state index is 12.7. The highest BCUT2D eigenvalue weighted by Gasteiger charge is 2.26. The molecule has 2 unspecified atom stereocenters. The topological polar surface area (TPSA) is 127 Å². The Morgan fingerprint density at radius 1 is 1.32 bits per heavy atom. The summed E-state index contributed by atoms with van der Waals surface area (Å²) in [7, 11) is 0. The van der Waals surface area contributed by atoms with Crippen molar-refractivity contribution in [1.82, 2.24) is 15.6 Å². The van der Waals surface area contributed by atoms with Crippen molar-refractivity contribution in [3.63, 3.8) is 0 Å². The number of piperidine rings is 1. The summed E-state index contributed by atoms with van der Waals surface area (Å²) in [5, 5.41) is 5.93. The molecule has 0 saturated carbocycles. The average molecular weight is 393 g/mol. The van der Waals surface area contributed by atoms with Crippen LogP contribution in [0.3, 0.4) is 0 Å². The molecule has 2 rings (SSSR count). The van der Waals surface area contributed by atoms with Crippen molar-refractivity contribution >= 4 is 17.6 Å². The van der Waals surface area contributed by atoms with Crippen LogP contribution < -0.4 is 16.4 Å². The number of nitrogens with zero attached hydrogens (tertiary/aromatic N) is 1. The zero-order valence-corrected chi connectivity index (χ0v) is 17.0. The van der Waals surface area contributed by atoms with E-state index in [9.17, 15) is 14.4 Å². The summed E-state index contributed by atoms with van der Waals surface area (Å²) in [5.41, 5.74) is 5.86. The summed E-state index contributed by atoms with van der Waals surface area (Å²) in [4.78, 5) is 40.3. The largest absolute Gasteiger partial charge is 0.437 e. The Balaban J connectivity index is 1.99. The van der Waals surface area contributed by atoms with Crippen LogP contribution in [0.1, 0.15) is 74.5 Å². The first kappa shape index (κ1) is 22.1. The molecule has 1 aromatic rings. The molecule has 8 heteroatoms. The molecule has 2 heterocycles. The number of carbonyl (C=O) groups is 3. The number of oxazole rings is 1. The van der Waals surface area contributed by atoms with Crippen molar-refractivity contribution in [2.45, 2.75) is 58.8 Å². The van der Waals surface area contributed by atoms with Gasteiger partial charge in [0.05, 0.1) is 12.2 Å². The zero-order valence-electron chi connectivity index (χ0n) is 17.0. The maximum atomic E-state index is 12.7. The second-order valence-electron chi connectivity index (χ2n) is 8.01. The molecule has 156 valence electrons. The van der Waals surface area contributed by atoms with Gasteiger partial charge in [-0.05, 0) is 38.1 Å². The fraction of sp³-hybridized carbons (Fsp3) is 0.700. The Hall–Kier alpha value is -2.22. The second-order valence-corrected chi connectivity index (χ2v) is 8.01. The standard InChI is InChI=1S/C20H32N4O4/c1-12(2)9-15-18(28-20(24-15)14-5-4-8-22-10-14)16(25)11-23-17(26)7-6-13(3)19(21)27/h12-14,22H,4-11H2,1-3H3,(H2,21,27)(H,23,26). The van der Waals surface area contributed by atoms with Crippen LogP contribution in [0.25, 0.3) is 0 Å². The van der Waals surface area contributed by atoms with Crippen LogP contribution in [0.2, 0.25) is 0 Å². The number of hydrogen-bond acceptors (Lipinski definition) is 6. The molecule has 0 spiro atoms. The lowest BCUT2D eigenvalue weighted by atomic mass is 10.00. The average Bonchev–Trinajstić information content (AvgIpc) is 3.07. The van der Waals surface area contributed by atoms with Crippen molar-refractivity contribution in [1.29, 1.82) is 0 Å². The summed E-state index contributed by atoms with van der Waals surface area (Å²) in [5.74, 6) is -0.0241. The number of carbonyl (C=O) groups excluding carboxylic acids is 3. The van der Waals surface area contributed by atoms with Crippen molar-refractivity contribution in [3.05, 3.63) is 17.3 Å². The van der Waals surface area contributed by atoms with E-state index >= 15 is 0 Å². The van der Waals surface area contributed by atoms with E-state index in [1.165, 1.54) is 0 Å². The van der Waals surface area contributed by atoms with Crippen molar-refractivity contribution < 1.29 is 18.8 Å². The molecule has 2 amide bonds. The molecule has 1 saturated heterocycles. The maximum Gasteiger partial charge on any atom is 0.220 e. The van der Waals surface area contributed by atoms with Gasteiger partial charge >= 0.3 is 0 Å². The minimum absolute atomic E-state index is 0.144. The van der Waals surface area contributed by atoms with Gasteiger partial charge in [-0.2, -0.15) is 0 Å². The Labute approximate surface area is 166 Å². The normalized spacial score (nSPS) is 18.1. The molecule has 0 aliphatic carbocycles. The van der Waals surface area contributed by atoms with E-state index in [-0.39, 0.29) is 42.3 Å². The Bertz CT molecular complexity index is 692. The van der Waals surface area contributed by atoms with Crippen LogP contribution in [-0.2, 0) is 16.0 Å². The molecule has 28 heavy (non-hydrogen) atoms. The van der Waals surface area contributed by atoms with Gasteiger partial charge in [0.15, 0.2) is 11.7 Å². The number of primary amides is 1. The lowest BCUT2D eigenvalue weighted by Gasteiger charge is -2.19. The molecule has 4 N–H and O–H groups in total. The van der Waals surface area contributed by atoms with Gasteiger partial charge in [-0.1, -0.05) is 20.8 Å². The number of amides is 2. The number of aromatic nitrogens is 1. The molecule has 8 nitrogen and oxygen atoms in total. The number of Topliss-reactive ketones (excluding diaryl/α,β-unsaturated/α-hetero) is 1. The van der Waals surface area contributed by atoms with Crippen molar-refractivity contribution in [3.8, 4) is 0 Å². The minimum Gasteiger partial charge on any atom is -0.437 e.